The van der Waals surface area contributed by atoms with Gasteiger partial charge in [0.15, 0.2) is 0 Å². The molecule has 0 radical (unpaired) electrons. The van der Waals surface area contributed by atoms with Crippen molar-refractivity contribution < 1.29 is 4.74 Å². The average Bonchev–Trinajstić information content (AvgIpc) is 2.37. The summed E-state index contributed by atoms with van der Waals surface area (Å²) in [5.41, 5.74) is 5.16. The van der Waals surface area contributed by atoms with Gasteiger partial charge in [-0.3, -0.25) is 0 Å². The molecule has 0 N–H and O–H groups in total. The molecule has 2 aromatic rings. The number of rotatable bonds is 1. The molecule has 0 fully saturated rings. The summed E-state index contributed by atoms with van der Waals surface area (Å²) in [6.45, 7) is 11.1. The monoisotopic (exact) mass is 266 g/mol. The molecule has 0 aromatic heterocycles. The van der Waals surface area contributed by atoms with Gasteiger partial charge in [-0.2, -0.15) is 0 Å². The average molecular weight is 266 g/mol. The van der Waals surface area contributed by atoms with Crippen molar-refractivity contribution in [3.05, 3.63) is 58.7 Å². The first-order chi connectivity index (χ1) is 9.39. The number of ether oxygens (including phenoxy) is 1. The SMILES string of the molecule is Cc1ccc2c(c1)Oc1ccc(C(C)C)cc1C2(C)C. The van der Waals surface area contributed by atoms with Crippen LogP contribution >= 0.6 is 0 Å². The van der Waals surface area contributed by atoms with E-state index < -0.39 is 0 Å². The molecule has 20 heavy (non-hydrogen) atoms. The molecule has 0 saturated carbocycles. The van der Waals surface area contributed by atoms with Gasteiger partial charge in [-0.1, -0.05) is 52.0 Å². The Bertz CT molecular complexity index is 665. The van der Waals surface area contributed by atoms with Crippen LogP contribution in [0.1, 0.15) is 55.9 Å². The molecule has 0 bridgehead atoms. The number of fused-ring (bicyclic) bond motifs is 2. The number of hydrogen-bond donors (Lipinski definition) is 0. The van der Waals surface area contributed by atoms with E-state index in [9.17, 15) is 0 Å². The maximum Gasteiger partial charge on any atom is 0.131 e. The highest BCUT2D eigenvalue weighted by atomic mass is 16.5. The fourth-order valence-corrected chi connectivity index (χ4v) is 2.98. The van der Waals surface area contributed by atoms with Crippen LogP contribution in [0.5, 0.6) is 11.5 Å². The van der Waals surface area contributed by atoms with Crippen LogP contribution in [0.2, 0.25) is 0 Å². The summed E-state index contributed by atoms with van der Waals surface area (Å²) in [5, 5.41) is 0. The molecule has 0 amide bonds. The summed E-state index contributed by atoms with van der Waals surface area (Å²) in [5.74, 6) is 2.54. The van der Waals surface area contributed by atoms with Crippen molar-refractivity contribution in [2.45, 2.75) is 46.0 Å². The molecule has 0 atom stereocenters. The Morgan fingerprint density at radius 2 is 1.65 bits per heavy atom. The largest absolute Gasteiger partial charge is 0.457 e. The predicted octanol–water partition coefficient (Wildman–Crippen LogP) is 5.55. The quantitative estimate of drug-likeness (QED) is 0.657. The third kappa shape index (κ3) is 1.93. The first-order valence-electron chi connectivity index (χ1n) is 7.33. The highest BCUT2D eigenvalue weighted by Crippen LogP contribution is 2.48. The van der Waals surface area contributed by atoms with Crippen LogP contribution < -0.4 is 4.74 Å². The van der Waals surface area contributed by atoms with E-state index in [0.29, 0.717) is 5.92 Å². The summed E-state index contributed by atoms with van der Waals surface area (Å²) >= 11 is 0. The fraction of sp³-hybridized carbons (Fsp3) is 0.368. The maximum absolute atomic E-state index is 6.13. The van der Waals surface area contributed by atoms with Gasteiger partial charge in [0.2, 0.25) is 0 Å². The third-order valence-corrected chi connectivity index (χ3v) is 4.37. The van der Waals surface area contributed by atoms with Gasteiger partial charge in [0.05, 0.1) is 0 Å². The van der Waals surface area contributed by atoms with Crippen LogP contribution in [0, 0.1) is 6.92 Å². The lowest BCUT2D eigenvalue weighted by Crippen LogP contribution is -2.24. The zero-order valence-corrected chi connectivity index (χ0v) is 12.9. The lowest BCUT2D eigenvalue weighted by Gasteiger charge is -2.35. The van der Waals surface area contributed by atoms with Crippen LogP contribution in [0.4, 0.5) is 0 Å². The Morgan fingerprint density at radius 1 is 0.900 bits per heavy atom. The molecule has 104 valence electrons. The summed E-state index contributed by atoms with van der Waals surface area (Å²) in [7, 11) is 0. The van der Waals surface area contributed by atoms with E-state index in [1.54, 1.807) is 0 Å². The molecule has 1 heteroatoms. The Hall–Kier alpha value is -1.76. The van der Waals surface area contributed by atoms with Crippen molar-refractivity contribution in [2.75, 3.05) is 0 Å². The van der Waals surface area contributed by atoms with Gasteiger partial charge in [0, 0.05) is 16.5 Å². The minimum absolute atomic E-state index is 0.0124. The molecule has 2 aromatic carbocycles. The van der Waals surface area contributed by atoms with Crippen LogP contribution in [0.15, 0.2) is 36.4 Å². The standard InChI is InChI=1S/C19H22O/c1-12(2)14-7-9-17-16(11-14)19(4,5)15-8-6-13(3)10-18(15)20-17/h6-12H,1-5H3. The molecule has 0 unspecified atom stereocenters. The molecule has 1 aliphatic rings. The molecular formula is C19H22O. The second-order valence-electron chi connectivity index (χ2n) is 6.64. The van der Waals surface area contributed by atoms with Crippen molar-refractivity contribution in [1.29, 1.82) is 0 Å². The van der Waals surface area contributed by atoms with Gasteiger partial charge in [-0.05, 0) is 36.1 Å². The van der Waals surface area contributed by atoms with Gasteiger partial charge in [-0.25, -0.2) is 0 Å². The molecule has 3 rings (SSSR count). The van der Waals surface area contributed by atoms with Crippen LogP contribution in [-0.4, -0.2) is 0 Å². The Morgan fingerprint density at radius 3 is 2.35 bits per heavy atom. The molecule has 1 aliphatic heterocycles. The van der Waals surface area contributed by atoms with Crippen molar-refractivity contribution in [3.8, 4) is 11.5 Å². The van der Waals surface area contributed by atoms with E-state index in [0.717, 1.165) is 11.5 Å². The van der Waals surface area contributed by atoms with E-state index in [1.165, 1.54) is 22.3 Å². The highest BCUT2D eigenvalue weighted by molar-refractivity contribution is 5.58. The summed E-state index contributed by atoms with van der Waals surface area (Å²) in [6, 6.07) is 13.1. The Kier molecular flexibility index (Phi) is 2.89. The minimum Gasteiger partial charge on any atom is -0.457 e. The number of hydrogen-bond acceptors (Lipinski definition) is 1. The first kappa shape index (κ1) is 13.2. The molecule has 1 heterocycles. The molecule has 0 aliphatic carbocycles. The van der Waals surface area contributed by atoms with Crippen LogP contribution in [-0.2, 0) is 5.41 Å². The molecular weight excluding hydrogens is 244 g/mol. The van der Waals surface area contributed by atoms with Gasteiger partial charge < -0.3 is 4.74 Å². The topological polar surface area (TPSA) is 9.23 Å². The Balaban J connectivity index is 2.19. The number of benzene rings is 2. The van der Waals surface area contributed by atoms with Gasteiger partial charge >= 0.3 is 0 Å². The van der Waals surface area contributed by atoms with Crippen LogP contribution in [0.3, 0.4) is 0 Å². The zero-order chi connectivity index (χ0) is 14.5. The summed E-state index contributed by atoms with van der Waals surface area (Å²) < 4.78 is 6.13. The maximum atomic E-state index is 6.13. The van der Waals surface area contributed by atoms with E-state index in [2.05, 4.69) is 71.0 Å². The minimum atomic E-state index is -0.0124. The highest BCUT2D eigenvalue weighted by Gasteiger charge is 2.34. The lowest BCUT2D eigenvalue weighted by atomic mass is 9.74. The van der Waals surface area contributed by atoms with Crippen molar-refractivity contribution in [1.82, 2.24) is 0 Å². The first-order valence-corrected chi connectivity index (χ1v) is 7.33. The summed E-state index contributed by atoms with van der Waals surface area (Å²) in [4.78, 5) is 0. The van der Waals surface area contributed by atoms with E-state index in [1.807, 2.05) is 0 Å². The Labute approximate surface area is 121 Å². The lowest BCUT2D eigenvalue weighted by molar-refractivity contribution is 0.417. The predicted molar refractivity (Wildman–Crippen MR) is 83.9 cm³/mol. The second-order valence-corrected chi connectivity index (χ2v) is 6.64. The van der Waals surface area contributed by atoms with Crippen molar-refractivity contribution in [2.24, 2.45) is 0 Å². The number of aryl methyl sites for hydroxylation is 1. The van der Waals surface area contributed by atoms with Crippen LogP contribution in [0.25, 0.3) is 0 Å². The molecule has 1 nitrogen and oxygen atoms in total. The van der Waals surface area contributed by atoms with Crippen molar-refractivity contribution in [3.63, 3.8) is 0 Å². The normalized spacial score (nSPS) is 15.5. The zero-order valence-electron chi connectivity index (χ0n) is 12.9. The summed E-state index contributed by atoms with van der Waals surface area (Å²) in [6.07, 6.45) is 0. The molecule has 0 saturated heterocycles. The van der Waals surface area contributed by atoms with Gasteiger partial charge in [-0.15, -0.1) is 0 Å². The molecule has 0 spiro atoms. The van der Waals surface area contributed by atoms with Gasteiger partial charge in [0.25, 0.3) is 0 Å². The van der Waals surface area contributed by atoms with E-state index >= 15 is 0 Å². The van der Waals surface area contributed by atoms with E-state index in [4.69, 9.17) is 4.74 Å². The van der Waals surface area contributed by atoms with Gasteiger partial charge in [0.1, 0.15) is 11.5 Å². The van der Waals surface area contributed by atoms with E-state index in [-0.39, 0.29) is 5.41 Å². The smallest absolute Gasteiger partial charge is 0.131 e. The fourth-order valence-electron chi connectivity index (χ4n) is 2.98. The second kappa shape index (κ2) is 4.37. The third-order valence-electron chi connectivity index (χ3n) is 4.37. The van der Waals surface area contributed by atoms with Crippen molar-refractivity contribution >= 4 is 0 Å².